The van der Waals surface area contributed by atoms with Crippen molar-refractivity contribution in [2.45, 2.75) is 117 Å². The average Bonchev–Trinajstić information content (AvgIpc) is 3.28. The Bertz CT molecular complexity index is 1050. The highest BCUT2D eigenvalue weighted by Crippen LogP contribution is 2.14. The molecule has 5 N–H and O–H groups in total. The zero-order valence-electron chi connectivity index (χ0n) is 23.2. The van der Waals surface area contributed by atoms with E-state index in [9.17, 15) is 14.4 Å². The van der Waals surface area contributed by atoms with E-state index in [-0.39, 0.29) is 30.0 Å². The van der Waals surface area contributed by atoms with Crippen molar-refractivity contribution in [2.24, 2.45) is 11.7 Å². The molecule has 214 valence electrons. The molecule has 0 fully saturated rings. The van der Waals surface area contributed by atoms with Crippen LogP contribution in [0.5, 0.6) is 0 Å². The number of imidazole rings is 1. The molecule has 0 bridgehead atoms. The van der Waals surface area contributed by atoms with E-state index in [0.717, 1.165) is 19.3 Å². The number of hydrogen-bond acceptors (Lipinski definition) is 9. The van der Waals surface area contributed by atoms with Gasteiger partial charge >= 0.3 is 11.9 Å². The molecular formula is C27H46N6O5. The molecule has 11 heteroatoms. The Hall–Kier alpha value is -2.95. The third-order valence-electron chi connectivity index (χ3n) is 6.65. The first kappa shape index (κ1) is 31.3. The highest BCUT2D eigenvalue weighted by Gasteiger charge is 2.23. The molecule has 2 aromatic heterocycles. The van der Waals surface area contributed by atoms with Crippen molar-refractivity contribution in [1.29, 1.82) is 0 Å². The van der Waals surface area contributed by atoms with Gasteiger partial charge in [-0.05, 0) is 12.3 Å². The molecule has 0 aliphatic rings. The van der Waals surface area contributed by atoms with Crippen molar-refractivity contribution in [3.8, 4) is 0 Å². The summed E-state index contributed by atoms with van der Waals surface area (Å²) in [5.74, 6) is -0.820. The number of aromatic nitrogens is 4. The highest BCUT2D eigenvalue weighted by atomic mass is 16.6. The number of fused-ring (bicyclic) bond motifs is 1. The van der Waals surface area contributed by atoms with Gasteiger partial charge in [-0.1, -0.05) is 72.1 Å². The predicted molar refractivity (Wildman–Crippen MR) is 147 cm³/mol. The van der Waals surface area contributed by atoms with Gasteiger partial charge in [-0.3, -0.25) is 19.4 Å². The molecule has 38 heavy (non-hydrogen) atoms. The van der Waals surface area contributed by atoms with E-state index in [1.165, 1.54) is 44.9 Å². The first-order valence-electron chi connectivity index (χ1n) is 14.0. The van der Waals surface area contributed by atoms with Crippen molar-refractivity contribution in [3.05, 3.63) is 16.7 Å². The van der Waals surface area contributed by atoms with Crippen molar-refractivity contribution in [2.75, 3.05) is 12.3 Å². The number of aryl methyl sites for hydroxylation is 1. The van der Waals surface area contributed by atoms with Crippen LogP contribution in [0.1, 0.15) is 97.8 Å². The van der Waals surface area contributed by atoms with E-state index >= 15 is 0 Å². The average molecular weight is 535 g/mol. The van der Waals surface area contributed by atoms with Crippen LogP contribution >= 0.6 is 0 Å². The number of esters is 2. The number of aromatic amines is 1. The Morgan fingerprint density at radius 1 is 1.05 bits per heavy atom. The van der Waals surface area contributed by atoms with Gasteiger partial charge in [-0.25, -0.2) is 4.98 Å². The fourth-order valence-corrected chi connectivity index (χ4v) is 4.15. The van der Waals surface area contributed by atoms with Gasteiger partial charge in [0.25, 0.3) is 5.56 Å². The summed E-state index contributed by atoms with van der Waals surface area (Å²) in [4.78, 5) is 47.4. The molecule has 0 aliphatic carbocycles. The van der Waals surface area contributed by atoms with E-state index in [0.29, 0.717) is 31.5 Å². The van der Waals surface area contributed by atoms with Gasteiger partial charge in [-0.15, -0.1) is 0 Å². The zero-order valence-corrected chi connectivity index (χ0v) is 23.2. The number of nitrogens with one attached hydrogen (secondary N) is 1. The molecule has 2 atom stereocenters. The number of nitrogens with zero attached hydrogens (tertiary/aromatic N) is 3. The van der Waals surface area contributed by atoms with Crippen LogP contribution in [0.25, 0.3) is 11.2 Å². The molecule has 1 unspecified atom stereocenters. The molecule has 0 saturated heterocycles. The van der Waals surface area contributed by atoms with Crippen LogP contribution in [0, 0.1) is 5.92 Å². The number of unbranched alkanes of at least 4 members (excludes halogenated alkanes) is 8. The quantitative estimate of drug-likeness (QED) is 0.179. The Morgan fingerprint density at radius 2 is 1.71 bits per heavy atom. The summed E-state index contributed by atoms with van der Waals surface area (Å²) in [6, 6.07) is -0.749. The summed E-state index contributed by atoms with van der Waals surface area (Å²) < 4.78 is 12.8. The second-order valence-corrected chi connectivity index (χ2v) is 10.3. The summed E-state index contributed by atoms with van der Waals surface area (Å²) >= 11 is 0. The van der Waals surface area contributed by atoms with Crippen LogP contribution in [-0.2, 0) is 25.6 Å². The van der Waals surface area contributed by atoms with Crippen molar-refractivity contribution >= 4 is 29.1 Å². The molecule has 0 amide bonds. The molecule has 0 aromatic carbocycles. The third-order valence-corrected chi connectivity index (χ3v) is 6.65. The number of hydrogen-bond donors (Lipinski definition) is 3. The van der Waals surface area contributed by atoms with E-state index in [2.05, 4.69) is 21.9 Å². The minimum atomic E-state index is -0.749. The number of carbonyl (C=O) groups is 2. The summed E-state index contributed by atoms with van der Waals surface area (Å²) in [5, 5.41) is 0. The highest BCUT2D eigenvalue weighted by molar-refractivity contribution is 5.76. The van der Waals surface area contributed by atoms with Gasteiger partial charge in [0.05, 0.1) is 12.9 Å². The Morgan fingerprint density at radius 3 is 2.37 bits per heavy atom. The third kappa shape index (κ3) is 10.8. The lowest BCUT2D eigenvalue weighted by atomic mass is 10.1. The second-order valence-electron chi connectivity index (χ2n) is 10.3. The fraction of sp³-hybridized carbons (Fsp3) is 0.741. The molecule has 11 nitrogen and oxygen atoms in total. The standard InChI is InChI=1S/C27H46N6O5/c1-4-5-6-7-8-9-10-11-12-13-21(34)37-17-15-20(38-26(36)22(28)19(2)3)14-16-33-18-30-23-24(33)31-27(29)32-25(23)35/h18-20,22H,4-17,28H2,1-3H3,(H3,29,31,32,35)/t20?,22-/m0/s1. The molecule has 2 rings (SSSR count). The van der Waals surface area contributed by atoms with Crippen molar-refractivity contribution < 1.29 is 19.1 Å². The SMILES string of the molecule is CCCCCCCCCCCC(=O)OCCC(CCn1cnc2c(=O)[nH]c(N)nc21)OC(=O)[C@@H](N)C(C)C. The van der Waals surface area contributed by atoms with E-state index in [1.54, 1.807) is 4.57 Å². The number of nitrogens with two attached hydrogens (primary N) is 2. The topological polar surface area (TPSA) is 168 Å². The van der Waals surface area contributed by atoms with Crippen molar-refractivity contribution in [3.63, 3.8) is 0 Å². The maximum Gasteiger partial charge on any atom is 0.323 e. The molecule has 0 aliphatic heterocycles. The number of H-pyrrole nitrogens is 1. The van der Waals surface area contributed by atoms with Crippen LogP contribution in [-0.4, -0.2) is 50.2 Å². The summed E-state index contributed by atoms with van der Waals surface area (Å²) in [6.45, 7) is 6.42. The fourth-order valence-electron chi connectivity index (χ4n) is 4.15. The smallest absolute Gasteiger partial charge is 0.323 e. The molecular weight excluding hydrogens is 488 g/mol. The summed E-state index contributed by atoms with van der Waals surface area (Å²) in [5.41, 5.74) is 11.7. The molecule has 0 radical (unpaired) electrons. The minimum absolute atomic E-state index is 0.00554. The number of nitrogen functional groups attached to an aromatic ring is 1. The zero-order chi connectivity index (χ0) is 27.9. The van der Waals surface area contributed by atoms with E-state index < -0.39 is 23.7 Å². The lowest BCUT2D eigenvalue weighted by Crippen LogP contribution is -2.39. The van der Waals surface area contributed by atoms with Gasteiger partial charge < -0.3 is 25.5 Å². The van der Waals surface area contributed by atoms with Gasteiger partial charge in [0, 0.05) is 25.8 Å². The van der Waals surface area contributed by atoms with Crippen molar-refractivity contribution in [1.82, 2.24) is 19.5 Å². The Kier molecular flexibility index (Phi) is 13.8. The van der Waals surface area contributed by atoms with Crippen LogP contribution in [0.4, 0.5) is 5.95 Å². The van der Waals surface area contributed by atoms with Gasteiger partial charge in [0.2, 0.25) is 5.95 Å². The molecule has 0 saturated carbocycles. The van der Waals surface area contributed by atoms with Crippen LogP contribution in [0.3, 0.4) is 0 Å². The minimum Gasteiger partial charge on any atom is -0.466 e. The Labute approximate surface area is 225 Å². The first-order chi connectivity index (χ1) is 18.2. The maximum absolute atomic E-state index is 12.5. The predicted octanol–water partition coefficient (Wildman–Crippen LogP) is 3.84. The van der Waals surface area contributed by atoms with Crippen LogP contribution in [0.2, 0.25) is 0 Å². The molecule has 2 heterocycles. The number of rotatable bonds is 19. The lowest BCUT2D eigenvalue weighted by Gasteiger charge is -2.22. The first-order valence-corrected chi connectivity index (χ1v) is 14.0. The van der Waals surface area contributed by atoms with E-state index in [1.807, 2.05) is 13.8 Å². The summed E-state index contributed by atoms with van der Waals surface area (Å²) in [7, 11) is 0. The van der Waals surface area contributed by atoms with Crippen LogP contribution in [0.15, 0.2) is 11.1 Å². The van der Waals surface area contributed by atoms with Gasteiger partial charge in [0.1, 0.15) is 12.1 Å². The van der Waals surface area contributed by atoms with E-state index in [4.69, 9.17) is 20.9 Å². The Balaban J connectivity index is 1.81. The number of anilines is 1. The van der Waals surface area contributed by atoms with Crippen LogP contribution < -0.4 is 17.0 Å². The maximum atomic E-state index is 12.5. The largest absolute Gasteiger partial charge is 0.466 e. The number of carbonyl (C=O) groups excluding carboxylic acids is 2. The van der Waals surface area contributed by atoms with Gasteiger partial charge in [0.15, 0.2) is 11.2 Å². The number of ether oxygens (including phenoxy) is 2. The second kappa shape index (κ2) is 16.8. The lowest BCUT2D eigenvalue weighted by molar-refractivity contribution is -0.154. The monoisotopic (exact) mass is 534 g/mol. The van der Waals surface area contributed by atoms with Gasteiger partial charge in [-0.2, -0.15) is 4.98 Å². The summed E-state index contributed by atoms with van der Waals surface area (Å²) in [6.07, 6.45) is 12.7. The molecule has 0 spiro atoms. The normalized spacial score (nSPS) is 13.1. The molecule has 2 aromatic rings.